The number of halogens is 2. The molecule has 0 aromatic heterocycles. The second kappa shape index (κ2) is 6.71. The standard InChI is InChI=1S/C13H16FNO2.ClH/c1-17-13(16)12-7-6-9(8-15-12)10-4-2-3-5-11(10)14;/h2-5,9,12,15H,6-8H2,1H3;1H. The highest BCUT2D eigenvalue weighted by Crippen LogP contribution is 2.27. The summed E-state index contributed by atoms with van der Waals surface area (Å²) in [5.41, 5.74) is 0.725. The summed E-state index contributed by atoms with van der Waals surface area (Å²) in [7, 11) is 1.38. The van der Waals surface area contributed by atoms with Crippen molar-refractivity contribution in [2.45, 2.75) is 24.8 Å². The molecule has 5 heteroatoms. The Balaban J connectivity index is 0.00000162. The molecule has 0 radical (unpaired) electrons. The smallest absolute Gasteiger partial charge is 0.322 e. The summed E-state index contributed by atoms with van der Waals surface area (Å²) in [6.45, 7) is 0.612. The molecular formula is C13H17ClFNO2. The predicted octanol–water partition coefficient (Wildman–Crippen LogP) is 2.26. The highest BCUT2D eigenvalue weighted by Gasteiger charge is 2.27. The number of hydrogen-bond acceptors (Lipinski definition) is 3. The molecule has 0 amide bonds. The van der Waals surface area contributed by atoms with Gasteiger partial charge in [-0.1, -0.05) is 18.2 Å². The summed E-state index contributed by atoms with van der Waals surface area (Å²) >= 11 is 0. The molecule has 1 fully saturated rings. The molecule has 100 valence electrons. The van der Waals surface area contributed by atoms with Crippen LogP contribution in [0.25, 0.3) is 0 Å². The molecule has 1 aliphatic heterocycles. The molecule has 0 bridgehead atoms. The van der Waals surface area contributed by atoms with E-state index in [2.05, 4.69) is 10.1 Å². The van der Waals surface area contributed by atoms with Crippen LogP contribution in [0.1, 0.15) is 24.3 Å². The average molecular weight is 274 g/mol. The fourth-order valence-electron chi connectivity index (χ4n) is 2.27. The molecule has 0 aliphatic carbocycles. The molecule has 0 spiro atoms. The highest BCUT2D eigenvalue weighted by atomic mass is 35.5. The maximum Gasteiger partial charge on any atom is 0.322 e. The van der Waals surface area contributed by atoms with E-state index in [0.717, 1.165) is 12.0 Å². The number of nitrogens with one attached hydrogen (secondary N) is 1. The molecule has 0 saturated carbocycles. The van der Waals surface area contributed by atoms with Crippen molar-refractivity contribution in [2.24, 2.45) is 0 Å². The van der Waals surface area contributed by atoms with Crippen LogP contribution in [0.4, 0.5) is 4.39 Å². The van der Waals surface area contributed by atoms with Gasteiger partial charge in [-0.2, -0.15) is 0 Å². The lowest BCUT2D eigenvalue weighted by Crippen LogP contribution is -2.43. The number of piperidine rings is 1. The van der Waals surface area contributed by atoms with E-state index in [-0.39, 0.29) is 36.2 Å². The minimum Gasteiger partial charge on any atom is -0.468 e. The van der Waals surface area contributed by atoms with Crippen LogP contribution < -0.4 is 5.32 Å². The normalized spacial score (nSPS) is 23.0. The van der Waals surface area contributed by atoms with Gasteiger partial charge in [0.1, 0.15) is 11.9 Å². The van der Waals surface area contributed by atoms with E-state index < -0.39 is 0 Å². The maximum absolute atomic E-state index is 13.6. The van der Waals surface area contributed by atoms with E-state index in [9.17, 15) is 9.18 Å². The first-order chi connectivity index (χ1) is 8.22. The van der Waals surface area contributed by atoms with Crippen LogP contribution in [0.15, 0.2) is 24.3 Å². The Labute approximate surface area is 112 Å². The molecule has 1 aromatic carbocycles. The third kappa shape index (κ3) is 3.21. The van der Waals surface area contributed by atoms with Crippen molar-refractivity contribution in [1.29, 1.82) is 0 Å². The first-order valence-electron chi connectivity index (χ1n) is 5.78. The molecule has 1 aliphatic rings. The molecule has 1 N–H and O–H groups in total. The van der Waals surface area contributed by atoms with Crippen molar-refractivity contribution in [3.63, 3.8) is 0 Å². The highest BCUT2D eigenvalue weighted by molar-refractivity contribution is 5.85. The van der Waals surface area contributed by atoms with Gasteiger partial charge in [-0.3, -0.25) is 4.79 Å². The number of methoxy groups -OCH3 is 1. The van der Waals surface area contributed by atoms with Crippen molar-refractivity contribution < 1.29 is 13.9 Å². The molecule has 3 nitrogen and oxygen atoms in total. The average Bonchev–Trinajstić information content (AvgIpc) is 2.39. The summed E-state index contributed by atoms with van der Waals surface area (Å²) in [6, 6.07) is 6.56. The number of esters is 1. The van der Waals surface area contributed by atoms with E-state index in [0.29, 0.717) is 13.0 Å². The number of rotatable bonds is 2. The molecule has 2 unspecified atom stereocenters. The van der Waals surface area contributed by atoms with Gasteiger partial charge in [0.15, 0.2) is 0 Å². The van der Waals surface area contributed by atoms with Crippen molar-refractivity contribution in [3.05, 3.63) is 35.6 Å². The summed E-state index contributed by atoms with van der Waals surface area (Å²) in [4.78, 5) is 11.3. The fraction of sp³-hybridized carbons (Fsp3) is 0.462. The van der Waals surface area contributed by atoms with E-state index in [1.807, 2.05) is 6.07 Å². The van der Waals surface area contributed by atoms with Gasteiger partial charge in [0.25, 0.3) is 0 Å². The predicted molar refractivity (Wildman–Crippen MR) is 69.4 cm³/mol. The second-order valence-corrected chi connectivity index (χ2v) is 4.28. The Kier molecular flexibility index (Phi) is 5.56. The fourth-order valence-corrected chi connectivity index (χ4v) is 2.27. The SMILES string of the molecule is COC(=O)C1CCC(c2ccccc2F)CN1.Cl. The van der Waals surface area contributed by atoms with Gasteiger partial charge < -0.3 is 10.1 Å². The number of ether oxygens (including phenoxy) is 1. The largest absolute Gasteiger partial charge is 0.468 e. The van der Waals surface area contributed by atoms with E-state index in [1.54, 1.807) is 12.1 Å². The van der Waals surface area contributed by atoms with Gasteiger partial charge in [0.05, 0.1) is 7.11 Å². The van der Waals surface area contributed by atoms with Crippen LogP contribution >= 0.6 is 12.4 Å². The summed E-state index contributed by atoms with van der Waals surface area (Å²) in [6.07, 6.45) is 1.49. The third-order valence-corrected chi connectivity index (χ3v) is 3.25. The number of carbonyl (C=O) groups is 1. The number of benzene rings is 1. The van der Waals surface area contributed by atoms with Crippen LogP contribution in [0.3, 0.4) is 0 Å². The number of hydrogen-bond donors (Lipinski definition) is 1. The van der Waals surface area contributed by atoms with Gasteiger partial charge in [0.2, 0.25) is 0 Å². The first kappa shape index (κ1) is 14.9. The van der Waals surface area contributed by atoms with Crippen LogP contribution in [0.5, 0.6) is 0 Å². The molecule has 1 saturated heterocycles. The molecule has 1 heterocycles. The van der Waals surface area contributed by atoms with Gasteiger partial charge >= 0.3 is 5.97 Å². The van der Waals surface area contributed by atoms with Crippen molar-refractivity contribution in [1.82, 2.24) is 5.32 Å². The molecular weight excluding hydrogens is 257 g/mol. The molecule has 2 rings (SSSR count). The van der Waals surface area contributed by atoms with Gasteiger partial charge in [-0.05, 0) is 30.4 Å². The number of carbonyl (C=O) groups excluding carboxylic acids is 1. The lowest BCUT2D eigenvalue weighted by Gasteiger charge is -2.28. The molecule has 2 atom stereocenters. The van der Waals surface area contributed by atoms with Gasteiger partial charge in [0, 0.05) is 6.54 Å². The zero-order valence-corrected chi connectivity index (χ0v) is 11.0. The minimum absolute atomic E-state index is 0. The van der Waals surface area contributed by atoms with Crippen LogP contribution in [-0.4, -0.2) is 25.7 Å². The van der Waals surface area contributed by atoms with E-state index in [1.165, 1.54) is 13.2 Å². The van der Waals surface area contributed by atoms with Crippen molar-refractivity contribution in [3.8, 4) is 0 Å². The lowest BCUT2D eigenvalue weighted by molar-refractivity contribution is -0.143. The quantitative estimate of drug-likeness (QED) is 0.840. The van der Waals surface area contributed by atoms with Crippen molar-refractivity contribution in [2.75, 3.05) is 13.7 Å². The summed E-state index contributed by atoms with van der Waals surface area (Å²) < 4.78 is 18.3. The molecule has 1 aromatic rings. The minimum atomic E-state index is -0.247. The Hall–Kier alpha value is -1.13. The Morgan fingerprint density at radius 2 is 2.11 bits per heavy atom. The van der Waals surface area contributed by atoms with Gasteiger partial charge in [-0.15, -0.1) is 12.4 Å². The summed E-state index contributed by atoms with van der Waals surface area (Å²) in [5, 5.41) is 3.10. The Morgan fingerprint density at radius 1 is 1.39 bits per heavy atom. The second-order valence-electron chi connectivity index (χ2n) is 4.28. The van der Waals surface area contributed by atoms with Crippen molar-refractivity contribution >= 4 is 18.4 Å². The Bertz CT molecular complexity index is 406. The Morgan fingerprint density at radius 3 is 2.67 bits per heavy atom. The van der Waals surface area contributed by atoms with Gasteiger partial charge in [-0.25, -0.2) is 4.39 Å². The zero-order chi connectivity index (χ0) is 12.3. The van der Waals surface area contributed by atoms with Crippen LogP contribution in [0, 0.1) is 5.82 Å². The van der Waals surface area contributed by atoms with Crippen LogP contribution in [-0.2, 0) is 9.53 Å². The first-order valence-corrected chi connectivity index (χ1v) is 5.78. The topological polar surface area (TPSA) is 38.3 Å². The molecule has 18 heavy (non-hydrogen) atoms. The van der Waals surface area contributed by atoms with E-state index >= 15 is 0 Å². The summed E-state index contributed by atoms with van der Waals surface area (Å²) in [5.74, 6) is -0.273. The monoisotopic (exact) mass is 273 g/mol. The zero-order valence-electron chi connectivity index (χ0n) is 10.2. The van der Waals surface area contributed by atoms with E-state index in [4.69, 9.17) is 0 Å². The van der Waals surface area contributed by atoms with Crippen LogP contribution in [0.2, 0.25) is 0 Å². The maximum atomic E-state index is 13.6. The third-order valence-electron chi connectivity index (χ3n) is 3.25. The lowest BCUT2D eigenvalue weighted by atomic mass is 9.88.